The molecule has 0 fully saturated rings. The van der Waals surface area contributed by atoms with Gasteiger partial charge >= 0.3 is 24.3 Å². The topological polar surface area (TPSA) is 86.6 Å². The number of halogens is 6. The fourth-order valence-corrected chi connectivity index (χ4v) is 2.68. The highest BCUT2D eigenvalue weighted by atomic mass is 19.4. The van der Waals surface area contributed by atoms with E-state index in [1.165, 1.54) is 6.92 Å². The van der Waals surface area contributed by atoms with Gasteiger partial charge in [-0.3, -0.25) is 0 Å². The molecule has 2 aromatic rings. The van der Waals surface area contributed by atoms with Gasteiger partial charge in [0.25, 0.3) is 0 Å². The number of aliphatic carboxylic acids is 2. The molecule has 5 nitrogen and oxygen atoms in total. The minimum Gasteiger partial charge on any atom is -0.478 e. The first-order valence-electron chi connectivity index (χ1n) is 9.35. The van der Waals surface area contributed by atoms with Crippen LogP contribution in [0.2, 0.25) is 0 Å². The first-order valence-corrected chi connectivity index (χ1v) is 9.35. The molecular formula is C22H21F6NO4. The zero-order chi connectivity index (χ0) is 25.4. The van der Waals surface area contributed by atoms with Crippen molar-refractivity contribution in [1.82, 2.24) is 5.32 Å². The lowest BCUT2D eigenvalue weighted by Crippen LogP contribution is -2.23. The normalized spacial score (nSPS) is 13.7. The van der Waals surface area contributed by atoms with Crippen molar-refractivity contribution in [3.63, 3.8) is 0 Å². The van der Waals surface area contributed by atoms with Crippen LogP contribution in [0.5, 0.6) is 0 Å². The summed E-state index contributed by atoms with van der Waals surface area (Å²) in [7, 11) is 0. The van der Waals surface area contributed by atoms with Crippen molar-refractivity contribution in [2.45, 2.75) is 38.3 Å². The van der Waals surface area contributed by atoms with E-state index in [-0.39, 0.29) is 17.7 Å². The van der Waals surface area contributed by atoms with E-state index in [4.69, 9.17) is 10.2 Å². The first-order chi connectivity index (χ1) is 15.1. The average Bonchev–Trinajstić information content (AvgIpc) is 2.71. The predicted octanol–water partition coefficient (Wildman–Crippen LogP) is 5.85. The van der Waals surface area contributed by atoms with Crippen LogP contribution in [-0.4, -0.2) is 22.2 Å². The SMILES string of the molecule is C[C@H](N[C@H](C)c1cc(C(F)(F)F)cc(C(F)(F)F)c1)c1ccccc1.O=C(O)/C=C/C(=O)O. The summed E-state index contributed by atoms with van der Waals surface area (Å²) in [6.45, 7) is 3.33. The van der Waals surface area contributed by atoms with Gasteiger partial charge in [0.1, 0.15) is 0 Å². The Morgan fingerprint density at radius 1 is 0.758 bits per heavy atom. The molecule has 33 heavy (non-hydrogen) atoms. The molecule has 0 aromatic heterocycles. The van der Waals surface area contributed by atoms with E-state index in [2.05, 4.69) is 5.32 Å². The lowest BCUT2D eigenvalue weighted by molar-refractivity contribution is -0.143. The summed E-state index contributed by atoms with van der Waals surface area (Å²) in [4.78, 5) is 19.1. The number of carboxylic acid groups (broad SMARTS) is 2. The van der Waals surface area contributed by atoms with Gasteiger partial charge in [-0.2, -0.15) is 26.3 Å². The van der Waals surface area contributed by atoms with Crippen molar-refractivity contribution in [2.24, 2.45) is 0 Å². The molecule has 0 aliphatic heterocycles. The molecule has 0 unspecified atom stereocenters. The fourth-order valence-electron chi connectivity index (χ4n) is 2.68. The standard InChI is InChI=1S/C18H17F6N.C4H4O4/c1-11(13-6-4-3-5-7-13)25-12(2)14-8-15(17(19,20)21)10-16(9-14)18(22,23)24;5-3(6)1-2-4(7)8/h3-12,25H,1-2H3;1-2H,(H,5,6)(H,7,8)/b;2-1+/t11-,12+;/m0./s1. The second-order valence-corrected chi connectivity index (χ2v) is 6.87. The van der Waals surface area contributed by atoms with Gasteiger partial charge in [-0.05, 0) is 43.2 Å². The summed E-state index contributed by atoms with van der Waals surface area (Å²) in [5, 5.41) is 18.7. The van der Waals surface area contributed by atoms with Gasteiger partial charge < -0.3 is 15.5 Å². The smallest absolute Gasteiger partial charge is 0.416 e. The van der Waals surface area contributed by atoms with Gasteiger partial charge in [0.15, 0.2) is 0 Å². The number of nitrogens with one attached hydrogen (secondary N) is 1. The largest absolute Gasteiger partial charge is 0.478 e. The summed E-state index contributed by atoms with van der Waals surface area (Å²) < 4.78 is 77.6. The Labute approximate surface area is 185 Å². The van der Waals surface area contributed by atoms with Gasteiger partial charge in [-0.15, -0.1) is 0 Å². The van der Waals surface area contributed by atoms with E-state index < -0.39 is 41.5 Å². The molecule has 11 heteroatoms. The van der Waals surface area contributed by atoms with E-state index >= 15 is 0 Å². The molecular weight excluding hydrogens is 456 g/mol. The van der Waals surface area contributed by atoms with Gasteiger partial charge in [0.05, 0.1) is 11.1 Å². The number of benzene rings is 2. The molecule has 0 saturated heterocycles. The highest BCUT2D eigenvalue weighted by Crippen LogP contribution is 2.37. The zero-order valence-corrected chi connectivity index (χ0v) is 17.4. The number of hydrogen-bond donors (Lipinski definition) is 3. The molecule has 180 valence electrons. The number of hydrogen-bond acceptors (Lipinski definition) is 3. The third-order valence-electron chi connectivity index (χ3n) is 4.28. The molecule has 2 atom stereocenters. The van der Waals surface area contributed by atoms with Gasteiger partial charge in [0.2, 0.25) is 0 Å². The maximum Gasteiger partial charge on any atom is 0.416 e. The van der Waals surface area contributed by atoms with Crippen LogP contribution in [0.15, 0.2) is 60.7 Å². The first kappa shape index (κ1) is 27.7. The lowest BCUT2D eigenvalue weighted by atomic mass is 9.99. The van der Waals surface area contributed by atoms with Crippen LogP contribution >= 0.6 is 0 Å². The zero-order valence-electron chi connectivity index (χ0n) is 17.4. The van der Waals surface area contributed by atoms with Gasteiger partial charge in [0, 0.05) is 24.2 Å². The molecule has 0 bridgehead atoms. The molecule has 0 heterocycles. The van der Waals surface area contributed by atoms with Crippen molar-refractivity contribution < 1.29 is 46.1 Å². The van der Waals surface area contributed by atoms with Crippen molar-refractivity contribution in [2.75, 3.05) is 0 Å². The molecule has 0 aliphatic carbocycles. The summed E-state index contributed by atoms with van der Waals surface area (Å²) in [6, 6.07) is 9.82. The Morgan fingerprint density at radius 3 is 1.52 bits per heavy atom. The van der Waals surface area contributed by atoms with Crippen LogP contribution in [0.4, 0.5) is 26.3 Å². The monoisotopic (exact) mass is 477 g/mol. The molecule has 0 saturated carbocycles. The molecule has 0 aliphatic rings. The van der Waals surface area contributed by atoms with Crippen molar-refractivity contribution in [1.29, 1.82) is 0 Å². The Hall–Kier alpha value is -3.34. The van der Waals surface area contributed by atoms with Crippen molar-refractivity contribution in [3.8, 4) is 0 Å². The Bertz CT molecular complexity index is 923. The molecule has 0 amide bonds. The number of carbonyl (C=O) groups is 2. The van der Waals surface area contributed by atoms with Gasteiger partial charge in [-0.25, -0.2) is 9.59 Å². The van der Waals surface area contributed by atoms with E-state index in [9.17, 15) is 35.9 Å². The maximum absolute atomic E-state index is 12.9. The van der Waals surface area contributed by atoms with Crippen LogP contribution in [0, 0.1) is 0 Å². The minimum atomic E-state index is -4.85. The summed E-state index contributed by atoms with van der Waals surface area (Å²) >= 11 is 0. The highest BCUT2D eigenvalue weighted by Gasteiger charge is 2.37. The van der Waals surface area contributed by atoms with Crippen LogP contribution in [-0.2, 0) is 21.9 Å². The third kappa shape index (κ3) is 9.77. The second-order valence-electron chi connectivity index (χ2n) is 6.87. The summed E-state index contributed by atoms with van der Waals surface area (Å²) in [5.74, 6) is -2.51. The molecule has 3 N–H and O–H groups in total. The third-order valence-corrected chi connectivity index (χ3v) is 4.28. The average molecular weight is 477 g/mol. The molecule has 0 radical (unpaired) electrons. The van der Waals surface area contributed by atoms with E-state index in [0.29, 0.717) is 12.2 Å². The maximum atomic E-state index is 12.9. The van der Waals surface area contributed by atoms with Crippen molar-refractivity contribution in [3.05, 3.63) is 82.9 Å². The van der Waals surface area contributed by atoms with Crippen LogP contribution in [0.1, 0.15) is 48.2 Å². The van der Waals surface area contributed by atoms with Gasteiger partial charge in [-0.1, -0.05) is 30.3 Å². The van der Waals surface area contributed by atoms with E-state index in [1.807, 2.05) is 30.3 Å². The number of alkyl halides is 6. The minimum absolute atomic E-state index is 0.0649. The Morgan fingerprint density at radius 2 is 1.15 bits per heavy atom. The lowest BCUT2D eigenvalue weighted by Gasteiger charge is -2.23. The van der Waals surface area contributed by atoms with Crippen LogP contribution in [0.3, 0.4) is 0 Å². The Balaban J connectivity index is 0.000000582. The number of rotatable bonds is 6. The summed E-state index contributed by atoms with van der Waals surface area (Å²) in [5.41, 5.74) is -1.79. The second kappa shape index (κ2) is 11.5. The van der Waals surface area contributed by atoms with Crippen LogP contribution in [0.25, 0.3) is 0 Å². The molecule has 2 aromatic carbocycles. The highest BCUT2D eigenvalue weighted by molar-refractivity contribution is 5.89. The number of carboxylic acids is 2. The molecule has 0 spiro atoms. The predicted molar refractivity (Wildman–Crippen MR) is 107 cm³/mol. The fraction of sp³-hybridized carbons (Fsp3) is 0.273. The summed E-state index contributed by atoms with van der Waals surface area (Å²) in [6.07, 6.45) is -8.58. The Kier molecular flexibility index (Phi) is 9.65. The molecule has 2 rings (SSSR count). The quantitative estimate of drug-likeness (QED) is 0.359. The van der Waals surface area contributed by atoms with Crippen molar-refractivity contribution >= 4 is 11.9 Å². The van der Waals surface area contributed by atoms with E-state index in [0.717, 1.165) is 17.7 Å². The van der Waals surface area contributed by atoms with E-state index in [1.54, 1.807) is 6.92 Å². The van der Waals surface area contributed by atoms with Crippen LogP contribution < -0.4 is 5.32 Å².